The van der Waals surface area contributed by atoms with Gasteiger partial charge >= 0.3 is 0 Å². The van der Waals surface area contributed by atoms with E-state index in [0.717, 1.165) is 5.56 Å². The summed E-state index contributed by atoms with van der Waals surface area (Å²) in [6.07, 6.45) is -0.208. The van der Waals surface area contributed by atoms with Gasteiger partial charge in [-0.25, -0.2) is 0 Å². The number of amides is 1. The molecule has 0 saturated carbocycles. The molecule has 1 amide bonds. The molecule has 1 atom stereocenters. The highest BCUT2D eigenvalue weighted by molar-refractivity contribution is 5.99. The van der Waals surface area contributed by atoms with Crippen molar-refractivity contribution in [3.05, 3.63) is 59.7 Å². The van der Waals surface area contributed by atoms with Crippen molar-refractivity contribution >= 4 is 17.4 Å². The minimum absolute atomic E-state index is 0.0310. The van der Waals surface area contributed by atoms with Crippen molar-refractivity contribution in [2.24, 2.45) is 0 Å². The van der Waals surface area contributed by atoms with E-state index in [2.05, 4.69) is 0 Å². The number of rotatable bonds is 2. The first-order valence-corrected chi connectivity index (χ1v) is 7.21. The molecule has 2 aromatic carbocycles. The SMILES string of the molecule is CC(=O)c1ccc2c(c1)N(C(C)=O)CC(c1ccccc1)O2. The third-order valence-corrected chi connectivity index (χ3v) is 3.83. The minimum Gasteiger partial charge on any atom is -0.482 e. The van der Waals surface area contributed by atoms with Gasteiger partial charge in [0.1, 0.15) is 11.9 Å². The van der Waals surface area contributed by atoms with Crippen LogP contribution in [-0.2, 0) is 4.79 Å². The predicted octanol–water partition coefficient (Wildman–Crippen LogP) is 3.38. The smallest absolute Gasteiger partial charge is 0.224 e. The molecule has 0 aromatic heterocycles. The van der Waals surface area contributed by atoms with Gasteiger partial charge < -0.3 is 9.64 Å². The maximum Gasteiger partial charge on any atom is 0.224 e. The number of carbonyl (C=O) groups excluding carboxylic acids is 2. The molecule has 0 aliphatic carbocycles. The van der Waals surface area contributed by atoms with E-state index in [-0.39, 0.29) is 17.8 Å². The molecule has 2 aromatic rings. The van der Waals surface area contributed by atoms with Crippen LogP contribution < -0.4 is 9.64 Å². The van der Waals surface area contributed by atoms with Gasteiger partial charge in [-0.1, -0.05) is 30.3 Å². The summed E-state index contributed by atoms with van der Waals surface area (Å²) in [7, 11) is 0. The second-order valence-electron chi connectivity index (χ2n) is 5.39. The van der Waals surface area contributed by atoms with Gasteiger partial charge in [0.15, 0.2) is 5.78 Å². The van der Waals surface area contributed by atoms with Crippen LogP contribution in [0.4, 0.5) is 5.69 Å². The highest BCUT2D eigenvalue weighted by atomic mass is 16.5. The number of ketones is 1. The maximum atomic E-state index is 12.0. The molecule has 4 nitrogen and oxygen atoms in total. The average Bonchev–Trinajstić information content (AvgIpc) is 2.53. The lowest BCUT2D eigenvalue weighted by atomic mass is 10.0. The van der Waals surface area contributed by atoms with Crippen molar-refractivity contribution in [1.29, 1.82) is 0 Å². The van der Waals surface area contributed by atoms with Gasteiger partial charge in [-0.05, 0) is 30.7 Å². The van der Waals surface area contributed by atoms with E-state index in [1.54, 1.807) is 23.1 Å². The van der Waals surface area contributed by atoms with Crippen LogP contribution in [-0.4, -0.2) is 18.2 Å². The van der Waals surface area contributed by atoms with Gasteiger partial charge in [0.25, 0.3) is 0 Å². The fourth-order valence-corrected chi connectivity index (χ4v) is 2.64. The van der Waals surface area contributed by atoms with E-state index in [1.165, 1.54) is 13.8 Å². The lowest BCUT2D eigenvalue weighted by Gasteiger charge is -2.34. The summed E-state index contributed by atoms with van der Waals surface area (Å²) in [5.74, 6) is 0.531. The van der Waals surface area contributed by atoms with Crippen LogP contribution in [0.5, 0.6) is 5.75 Å². The van der Waals surface area contributed by atoms with Crippen LogP contribution in [0.15, 0.2) is 48.5 Å². The Morgan fingerprint density at radius 3 is 2.45 bits per heavy atom. The number of carbonyl (C=O) groups is 2. The lowest BCUT2D eigenvalue weighted by molar-refractivity contribution is -0.117. The molecule has 1 aliphatic heterocycles. The first kappa shape index (κ1) is 14.3. The zero-order chi connectivity index (χ0) is 15.7. The summed E-state index contributed by atoms with van der Waals surface area (Å²) in [5, 5.41) is 0. The molecular formula is C18H17NO3. The normalized spacial score (nSPS) is 16.6. The van der Waals surface area contributed by atoms with E-state index in [9.17, 15) is 9.59 Å². The third kappa shape index (κ3) is 2.60. The Morgan fingerprint density at radius 2 is 1.82 bits per heavy atom. The molecule has 4 heteroatoms. The Labute approximate surface area is 129 Å². The Balaban J connectivity index is 2.02. The number of anilines is 1. The van der Waals surface area contributed by atoms with Gasteiger partial charge in [0.05, 0.1) is 12.2 Å². The second kappa shape index (κ2) is 5.64. The number of ether oxygens (including phenoxy) is 1. The molecule has 0 saturated heterocycles. The third-order valence-electron chi connectivity index (χ3n) is 3.83. The number of nitrogens with zero attached hydrogens (tertiary/aromatic N) is 1. The first-order chi connectivity index (χ1) is 10.6. The topological polar surface area (TPSA) is 46.6 Å². The van der Waals surface area contributed by atoms with Crippen LogP contribution in [0.3, 0.4) is 0 Å². The van der Waals surface area contributed by atoms with Crippen molar-refractivity contribution in [3.8, 4) is 5.75 Å². The molecule has 0 bridgehead atoms. The Kier molecular flexibility index (Phi) is 3.67. The van der Waals surface area contributed by atoms with Crippen molar-refractivity contribution in [2.75, 3.05) is 11.4 Å². The van der Waals surface area contributed by atoms with Gasteiger partial charge in [-0.15, -0.1) is 0 Å². The molecule has 1 unspecified atom stereocenters. The first-order valence-electron chi connectivity index (χ1n) is 7.21. The number of benzene rings is 2. The highest BCUT2D eigenvalue weighted by Crippen LogP contribution is 2.38. The van der Waals surface area contributed by atoms with Gasteiger partial charge in [-0.3, -0.25) is 9.59 Å². The second-order valence-corrected chi connectivity index (χ2v) is 5.39. The van der Waals surface area contributed by atoms with Gasteiger partial charge in [-0.2, -0.15) is 0 Å². The molecule has 1 aliphatic rings. The lowest BCUT2D eigenvalue weighted by Crippen LogP contribution is -2.38. The maximum absolute atomic E-state index is 12.0. The molecule has 0 radical (unpaired) electrons. The molecule has 0 spiro atoms. The molecule has 0 N–H and O–H groups in total. The summed E-state index contributed by atoms with van der Waals surface area (Å²) in [6, 6.07) is 15.0. The van der Waals surface area contributed by atoms with E-state index in [0.29, 0.717) is 23.5 Å². The van der Waals surface area contributed by atoms with Crippen LogP contribution >= 0.6 is 0 Å². The highest BCUT2D eigenvalue weighted by Gasteiger charge is 2.29. The molecule has 22 heavy (non-hydrogen) atoms. The quantitative estimate of drug-likeness (QED) is 0.798. The number of Topliss-reactive ketones (excluding diaryl/α,β-unsaturated/α-hetero) is 1. The molecule has 3 rings (SSSR count). The van der Waals surface area contributed by atoms with Crippen LogP contribution in [0.2, 0.25) is 0 Å². The van der Waals surface area contributed by atoms with Crippen molar-refractivity contribution < 1.29 is 14.3 Å². The monoisotopic (exact) mass is 295 g/mol. The number of hydrogen-bond donors (Lipinski definition) is 0. The molecular weight excluding hydrogens is 278 g/mol. The zero-order valence-corrected chi connectivity index (χ0v) is 12.6. The van der Waals surface area contributed by atoms with E-state index in [1.807, 2.05) is 30.3 Å². The minimum atomic E-state index is -0.208. The number of hydrogen-bond acceptors (Lipinski definition) is 3. The standard InChI is InChI=1S/C18H17NO3/c1-12(20)15-8-9-17-16(10-15)19(13(2)21)11-18(22-17)14-6-4-3-5-7-14/h3-10,18H,11H2,1-2H3. The largest absolute Gasteiger partial charge is 0.482 e. The van der Waals surface area contributed by atoms with E-state index >= 15 is 0 Å². The summed E-state index contributed by atoms with van der Waals surface area (Å²) in [5.41, 5.74) is 2.26. The molecule has 1 heterocycles. The molecule has 112 valence electrons. The van der Waals surface area contributed by atoms with E-state index in [4.69, 9.17) is 4.74 Å². The van der Waals surface area contributed by atoms with Crippen LogP contribution in [0, 0.1) is 0 Å². The van der Waals surface area contributed by atoms with Crippen molar-refractivity contribution in [3.63, 3.8) is 0 Å². The van der Waals surface area contributed by atoms with Crippen LogP contribution in [0.25, 0.3) is 0 Å². The van der Waals surface area contributed by atoms with Gasteiger partial charge in [0, 0.05) is 12.5 Å². The number of fused-ring (bicyclic) bond motifs is 1. The van der Waals surface area contributed by atoms with Crippen molar-refractivity contribution in [1.82, 2.24) is 0 Å². The van der Waals surface area contributed by atoms with Crippen LogP contribution in [0.1, 0.15) is 35.9 Å². The Bertz CT molecular complexity index is 724. The average molecular weight is 295 g/mol. The fraction of sp³-hybridized carbons (Fsp3) is 0.222. The predicted molar refractivity (Wildman–Crippen MR) is 84.3 cm³/mol. The van der Waals surface area contributed by atoms with Gasteiger partial charge in [0.2, 0.25) is 5.91 Å². The summed E-state index contributed by atoms with van der Waals surface area (Å²) in [6.45, 7) is 3.47. The Morgan fingerprint density at radius 1 is 1.09 bits per heavy atom. The summed E-state index contributed by atoms with van der Waals surface area (Å²) < 4.78 is 6.03. The Hall–Kier alpha value is -2.62. The van der Waals surface area contributed by atoms with Crippen molar-refractivity contribution in [2.45, 2.75) is 20.0 Å². The molecule has 0 fully saturated rings. The van der Waals surface area contributed by atoms with E-state index < -0.39 is 0 Å². The summed E-state index contributed by atoms with van der Waals surface area (Å²) >= 11 is 0. The zero-order valence-electron chi connectivity index (χ0n) is 12.6. The summed E-state index contributed by atoms with van der Waals surface area (Å²) in [4.78, 5) is 25.2. The fourth-order valence-electron chi connectivity index (χ4n) is 2.64.